The fourth-order valence-electron chi connectivity index (χ4n) is 2.01. The number of morpholine rings is 1. The van der Waals surface area contributed by atoms with Gasteiger partial charge in [-0.15, -0.1) is 4.91 Å². The molecule has 1 unspecified atom stereocenters. The molecule has 1 aliphatic heterocycles. The molecule has 0 aromatic heterocycles. The lowest BCUT2D eigenvalue weighted by Gasteiger charge is -2.27. The van der Waals surface area contributed by atoms with Gasteiger partial charge >= 0.3 is 0 Å². The number of amides is 1. The van der Waals surface area contributed by atoms with E-state index in [1.165, 1.54) is 0 Å². The van der Waals surface area contributed by atoms with E-state index in [4.69, 9.17) is 10.5 Å². The molecule has 0 radical (unpaired) electrons. The molecule has 1 atom stereocenters. The van der Waals surface area contributed by atoms with Crippen molar-refractivity contribution in [1.29, 1.82) is 0 Å². The van der Waals surface area contributed by atoms with Crippen LogP contribution < -0.4 is 16.0 Å². The van der Waals surface area contributed by atoms with Gasteiger partial charge in [-0.25, -0.2) is 0 Å². The van der Waals surface area contributed by atoms with Crippen LogP contribution in [-0.2, 0) is 14.4 Å². The molecule has 114 valence electrons. The molecule has 3 N–H and O–H groups in total. The Morgan fingerprint density at radius 2 is 2.19 bits per heavy atom. The second-order valence-corrected chi connectivity index (χ2v) is 4.56. The normalized spacial score (nSPS) is 16.4. The summed E-state index contributed by atoms with van der Waals surface area (Å²) in [6.45, 7) is 1.78. The van der Waals surface area contributed by atoms with Crippen molar-refractivity contribution in [1.82, 2.24) is 0 Å². The van der Waals surface area contributed by atoms with Gasteiger partial charge in [-0.1, -0.05) is 0 Å². The third kappa shape index (κ3) is 4.14. The highest BCUT2D eigenvalue weighted by Gasteiger charge is 2.19. The lowest BCUT2D eigenvalue weighted by atomic mass is 10.2. The summed E-state index contributed by atoms with van der Waals surface area (Å²) >= 11 is 0. The Hall–Kier alpha value is -2.19. The van der Waals surface area contributed by atoms with Gasteiger partial charge in [0.15, 0.2) is 11.4 Å². The van der Waals surface area contributed by atoms with Crippen molar-refractivity contribution >= 4 is 17.3 Å². The summed E-state index contributed by atoms with van der Waals surface area (Å²) in [4.78, 5) is 28.0. The van der Waals surface area contributed by atoms with Gasteiger partial charge in [0.25, 0.3) is 5.91 Å². The Morgan fingerprint density at radius 3 is 2.81 bits per heavy atom. The molecule has 0 aliphatic carbocycles. The molecule has 1 amide bonds. The van der Waals surface area contributed by atoms with E-state index >= 15 is 0 Å². The van der Waals surface area contributed by atoms with Crippen LogP contribution in [0.25, 0.3) is 0 Å². The Labute approximate surface area is 122 Å². The standard InChI is InChI=1S/C13H18N4O4/c14-7-12(21-16-19)8-15-10-1-3-11(4-2-10)17-5-6-20-9-13(17)18/h1-4,12,15H,5-9,14H2. The number of anilines is 2. The maximum atomic E-state index is 11.7. The Morgan fingerprint density at radius 1 is 1.43 bits per heavy atom. The number of hydrogen-bond donors (Lipinski definition) is 2. The Bertz CT molecular complexity index is 480. The second kappa shape index (κ2) is 7.55. The molecule has 0 bridgehead atoms. The van der Waals surface area contributed by atoms with E-state index in [1.54, 1.807) is 4.90 Å². The molecule has 21 heavy (non-hydrogen) atoms. The first kappa shape index (κ1) is 15.2. The van der Waals surface area contributed by atoms with Gasteiger partial charge in [0, 0.05) is 24.5 Å². The average Bonchev–Trinajstić information content (AvgIpc) is 2.52. The molecule has 1 fully saturated rings. The summed E-state index contributed by atoms with van der Waals surface area (Å²) < 4.78 is 5.09. The summed E-state index contributed by atoms with van der Waals surface area (Å²) in [5, 5.41) is 5.47. The van der Waals surface area contributed by atoms with Crippen LogP contribution in [0, 0.1) is 4.91 Å². The van der Waals surface area contributed by atoms with Crippen LogP contribution in [0.15, 0.2) is 29.6 Å². The minimum absolute atomic E-state index is 0.0457. The fourth-order valence-corrected chi connectivity index (χ4v) is 2.01. The van der Waals surface area contributed by atoms with Crippen molar-refractivity contribution in [3.05, 3.63) is 29.2 Å². The highest BCUT2D eigenvalue weighted by molar-refractivity contribution is 5.94. The third-order valence-corrected chi connectivity index (χ3v) is 3.15. The number of benzene rings is 1. The van der Waals surface area contributed by atoms with E-state index < -0.39 is 6.10 Å². The maximum Gasteiger partial charge on any atom is 0.253 e. The van der Waals surface area contributed by atoms with E-state index in [1.807, 2.05) is 24.3 Å². The highest BCUT2D eigenvalue weighted by atomic mass is 16.7. The van der Waals surface area contributed by atoms with Crippen LogP contribution in [0.2, 0.25) is 0 Å². The van der Waals surface area contributed by atoms with E-state index in [0.29, 0.717) is 19.7 Å². The number of hydrogen-bond acceptors (Lipinski definition) is 7. The largest absolute Gasteiger partial charge is 0.381 e. The molecule has 8 heteroatoms. The van der Waals surface area contributed by atoms with Gasteiger partial charge in [0.05, 0.1) is 13.2 Å². The first-order valence-electron chi connectivity index (χ1n) is 6.65. The van der Waals surface area contributed by atoms with Crippen molar-refractivity contribution in [3.63, 3.8) is 0 Å². The zero-order valence-electron chi connectivity index (χ0n) is 11.5. The summed E-state index contributed by atoms with van der Waals surface area (Å²) in [6, 6.07) is 7.39. The molecule has 1 saturated heterocycles. The lowest BCUT2D eigenvalue weighted by Crippen LogP contribution is -2.41. The predicted octanol–water partition coefficient (Wildman–Crippen LogP) is 0.487. The van der Waals surface area contributed by atoms with Crippen LogP contribution >= 0.6 is 0 Å². The van der Waals surface area contributed by atoms with Crippen LogP contribution in [-0.4, -0.2) is 44.9 Å². The second-order valence-electron chi connectivity index (χ2n) is 4.56. The van der Waals surface area contributed by atoms with Crippen molar-refractivity contribution in [2.45, 2.75) is 6.10 Å². The minimum atomic E-state index is -0.469. The molecule has 1 aromatic carbocycles. The molecule has 2 rings (SSSR count). The number of rotatable bonds is 7. The van der Waals surface area contributed by atoms with Gasteiger partial charge in [0.2, 0.25) is 0 Å². The molecule has 1 aliphatic rings. The zero-order valence-corrected chi connectivity index (χ0v) is 11.5. The monoisotopic (exact) mass is 294 g/mol. The van der Waals surface area contributed by atoms with Crippen LogP contribution in [0.4, 0.5) is 11.4 Å². The van der Waals surface area contributed by atoms with E-state index in [-0.39, 0.29) is 19.1 Å². The van der Waals surface area contributed by atoms with E-state index in [9.17, 15) is 9.70 Å². The van der Waals surface area contributed by atoms with Crippen LogP contribution in [0.1, 0.15) is 0 Å². The quantitative estimate of drug-likeness (QED) is 0.560. The summed E-state index contributed by atoms with van der Waals surface area (Å²) in [5.41, 5.74) is 7.11. The molecule has 0 saturated carbocycles. The predicted molar refractivity (Wildman–Crippen MR) is 77.8 cm³/mol. The third-order valence-electron chi connectivity index (χ3n) is 3.15. The maximum absolute atomic E-state index is 11.7. The molecule has 0 spiro atoms. The smallest absolute Gasteiger partial charge is 0.253 e. The fraction of sp³-hybridized carbons (Fsp3) is 0.462. The van der Waals surface area contributed by atoms with Gasteiger partial charge in [0.1, 0.15) is 6.61 Å². The van der Waals surface area contributed by atoms with Gasteiger partial charge in [-0.2, -0.15) is 0 Å². The summed E-state index contributed by atoms with van der Waals surface area (Å²) in [5.74, 6) is -0.0457. The Balaban J connectivity index is 1.92. The average molecular weight is 294 g/mol. The first-order valence-corrected chi connectivity index (χ1v) is 6.65. The topological polar surface area (TPSA) is 106 Å². The number of nitrogens with one attached hydrogen (secondary N) is 1. The molecule has 1 aromatic rings. The number of nitrogens with two attached hydrogens (primary N) is 1. The summed E-state index contributed by atoms with van der Waals surface area (Å²) in [7, 11) is 0. The lowest BCUT2D eigenvalue weighted by molar-refractivity contribution is -0.125. The number of carbonyl (C=O) groups is 1. The van der Waals surface area contributed by atoms with Gasteiger partial charge in [-0.05, 0) is 24.3 Å². The number of carbonyl (C=O) groups excluding carboxylic acids is 1. The van der Waals surface area contributed by atoms with Crippen LogP contribution in [0.3, 0.4) is 0 Å². The van der Waals surface area contributed by atoms with Crippen molar-refractivity contribution in [2.24, 2.45) is 11.1 Å². The molecule has 8 nitrogen and oxygen atoms in total. The molecular weight excluding hydrogens is 276 g/mol. The van der Waals surface area contributed by atoms with Gasteiger partial charge in [-0.3, -0.25) is 4.79 Å². The summed E-state index contributed by atoms with van der Waals surface area (Å²) in [6.07, 6.45) is -0.469. The zero-order chi connectivity index (χ0) is 15.1. The Kier molecular flexibility index (Phi) is 5.47. The molecule has 1 heterocycles. The van der Waals surface area contributed by atoms with Gasteiger partial charge < -0.3 is 25.5 Å². The SMILES string of the molecule is NCC(CNc1ccc(N2CCOCC2=O)cc1)ON=O. The minimum Gasteiger partial charge on any atom is -0.381 e. The van der Waals surface area contributed by atoms with Crippen molar-refractivity contribution in [2.75, 3.05) is 43.1 Å². The number of nitrogens with zero attached hydrogens (tertiary/aromatic N) is 2. The van der Waals surface area contributed by atoms with Crippen LogP contribution in [0.5, 0.6) is 0 Å². The van der Waals surface area contributed by atoms with Crippen molar-refractivity contribution in [3.8, 4) is 0 Å². The van der Waals surface area contributed by atoms with Crippen molar-refractivity contribution < 1.29 is 14.4 Å². The number of ether oxygens (including phenoxy) is 1. The first-order chi connectivity index (χ1) is 10.2. The molecular formula is C13H18N4O4. The van der Waals surface area contributed by atoms with E-state index in [2.05, 4.69) is 15.5 Å². The highest BCUT2D eigenvalue weighted by Crippen LogP contribution is 2.19. The van der Waals surface area contributed by atoms with E-state index in [0.717, 1.165) is 11.4 Å².